The molecule has 0 aliphatic heterocycles. The van der Waals surface area contributed by atoms with Gasteiger partial charge in [-0.2, -0.15) is 0 Å². The molecule has 0 aromatic carbocycles. The van der Waals surface area contributed by atoms with Gasteiger partial charge in [0.2, 0.25) is 0 Å². The number of rotatable bonds is 4. The molecule has 0 amide bonds. The van der Waals surface area contributed by atoms with E-state index in [4.69, 9.17) is 17.3 Å². The van der Waals surface area contributed by atoms with Gasteiger partial charge in [0.1, 0.15) is 11.3 Å². The Morgan fingerprint density at radius 3 is 2.80 bits per heavy atom. The van der Waals surface area contributed by atoms with E-state index in [1.54, 1.807) is 0 Å². The quantitative estimate of drug-likeness (QED) is 0.730. The molecule has 4 N–H and O–H groups in total. The van der Waals surface area contributed by atoms with Crippen molar-refractivity contribution in [2.75, 3.05) is 6.54 Å². The second kappa shape index (κ2) is 5.77. The maximum absolute atomic E-state index is 9.80. The van der Waals surface area contributed by atoms with Gasteiger partial charge in [-0.25, -0.2) is 4.98 Å². The first-order chi connectivity index (χ1) is 7.06. The molecule has 0 saturated heterocycles. The largest absolute Gasteiger partial charge is 0.390 e. The van der Waals surface area contributed by atoms with Gasteiger partial charge in [0.25, 0.3) is 0 Å². The van der Waals surface area contributed by atoms with Crippen molar-refractivity contribution < 1.29 is 10.2 Å². The lowest BCUT2D eigenvalue weighted by Gasteiger charge is -2.18. The van der Waals surface area contributed by atoms with E-state index in [2.05, 4.69) is 20.9 Å². The second-order valence-corrected chi connectivity index (χ2v) is 4.36. The van der Waals surface area contributed by atoms with Gasteiger partial charge in [0, 0.05) is 16.2 Å². The third-order valence-corrected chi connectivity index (χ3v) is 2.87. The molecule has 0 saturated carbocycles. The molecule has 0 aliphatic carbocycles. The predicted molar refractivity (Wildman–Crippen MR) is 61.6 cm³/mol. The van der Waals surface area contributed by atoms with Crippen LogP contribution in [-0.4, -0.2) is 27.8 Å². The van der Waals surface area contributed by atoms with Crippen molar-refractivity contribution >= 4 is 27.5 Å². The highest BCUT2D eigenvalue weighted by Crippen LogP contribution is 2.27. The van der Waals surface area contributed by atoms with E-state index in [1.807, 2.05) is 0 Å². The molecule has 0 bridgehead atoms. The molecule has 84 valence electrons. The van der Waals surface area contributed by atoms with Crippen LogP contribution in [0.5, 0.6) is 0 Å². The van der Waals surface area contributed by atoms with Crippen molar-refractivity contribution in [3.63, 3.8) is 0 Å². The summed E-state index contributed by atoms with van der Waals surface area (Å²) in [6, 6.07) is 1.51. The molecule has 1 aromatic rings. The highest BCUT2D eigenvalue weighted by molar-refractivity contribution is 9.10. The number of aliphatic hydroxyl groups is 2. The Bertz CT molecular complexity index is 338. The van der Waals surface area contributed by atoms with Crippen molar-refractivity contribution in [3.8, 4) is 0 Å². The molecular formula is C9H12BrClN2O2. The van der Waals surface area contributed by atoms with E-state index in [0.717, 1.165) is 0 Å². The Morgan fingerprint density at radius 1 is 1.53 bits per heavy atom. The van der Waals surface area contributed by atoms with Crippen LogP contribution in [0.2, 0.25) is 5.15 Å². The summed E-state index contributed by atoms with van der Waals surface area (Å²) in [5, 5.41) is 19.6. The number of aromatic nitrogens is 1. The van der Waals surface area contributed by atoms with Crippen LogP contribution < -0.4 is 5.73 Å². The fourth-order valence-electron chi connectivity index (χ4n) is 1.19. The average Bonchev–Trinajstić information content (AvgIpc) is 2.21. The number of nitrogens with two attached hydrogens (primary N) is 1. The smallest absolute Gasteiger partial charge is 0.129 e. The fourth-order valence-corrected chi connectivity index (χ4v) is 1.81. The van der Waals surface area contributed by atoms with Crippen LogP contribution in [0.15, 0.2) is 16.7 Å². The van der Waals surface area contributed by atoms with Gasteiger partial charge in [-0.15, -0.1) is 0 Å². The average molecular weight is 296 g/mol. The molecule has 15 heavy (non-hydrogen) atoms. The van der Waals surface area contributed by atoms with Gasteiger partial charge >= 0.3 is 0 Å². The number of hydrogen-bond acceptors (Lipinski definition) is 4. The molecule has 6 heteroatoms. The lowest BCUT2D eigenvalue weighted by atomic mass is 10.0. The minimum absolute atomic E-state index is 0.271. The van der Waals surface area contributed by atoms with Crippen LogP contribution in [-0.2, 0) is 0 Å². The van der Waals surface area contributed by atoms with Crippen molar-refractivity contribution in [1.82, 2.24) is 4.98 Å². The van der Waals surface area contributed by atoms with Crippen molar-refractivity contribution in [2.45, 2.75) is 18.6 Å². The Hall–Kier alpha value is -0.200. The molecule has 4 nitrogen and oxygen atoms in total. The van der Waals surface area contributed by atoms with Crippen LogP contribution >= 0.6 is 27.5 Å². The minimum Gasteiger partial charge on any atom is -0.390 e. The van der Waals surface area contributed by atoms with E-state index >= 15 is 0 Å². The van der Waals surface area contributed by atoms with Gasteiger partial charge in [0.15, 0.2) is 0 Å². The summed E-state index contributed by atoms with van der Waals surface area (Å²) in [5.74, 6) is 0. The first-order valence-electron chi connectivity index (χ1n) is 4.43. The Morgan fingerprint density at radius 2 is 2.20 bits per heavy atom. The summed E-state index contributed by atoms with van der Waals surface area (Å²) in [6.07, 6.45) is -0.1000. The number of hydrogen-bond donors (Lipinski definition) is 3. The summed E-state index contributed by atoms with van der Waals surface area (Å²) in [5.41, 5.74) is 5.80. The summed E-state index contributed by atoms with van der Waals surface area (Å²) < 4.78 is 0.607. The van der Waals surface area contributed by atoms with E-state index in [-0.39, 0.29) is 5.15 Å². The van der Waals surface area contributed by atoms with Crippen molar-refractivity contribution in [2.24, 2.45) is 5.73 Å². The van der Waals surface area contributed by atoms with Crippen molar-refractivity contribution in [3.05, 3.63) is 27.5 Å². The van der Waals surface area contributed by atoms with Gasteiger partial charge in [-0.1, -0.05) is 11.6 Å². The van der Waals surface area contributed by atoms with Gasteiger partial charge in [-0.3, -0.25) is 0 Å². The molecule has 0 aliphatic rings. The number of aliphatic hydroxyl groups excluding tert-OH is 2. The maximum atomic E-state index is 9.80. The minimum atomic E-state index is -1.01. The van der Waals surface area contributed by atoms with Crippen LogP contribution in [0.3, 0.4) is 0 Å². The third kappa shape index (κ3) is 3.39. The highest BCUT2D eigenvalue weighted by atomic mass is 79.9. The predicted octanol–water partition coefficient (Wildman–Crippen LogP) is 1.24. The molecule has 0 spiro atoms. The molecule has 0 fully saturated rings. The first kappa shape index (κ1) is 12.9. The molecular weight excluding hydrogens is 283 g/mol. The van der Waals surface area contributed by atoms with E-state index < -0.39 is 12.2 Å². The Balaban J connectivity index is 2.89. The first-order valence-corrected chi connectivity index (χ1v) is 5.60. The van der Waals surface area contributed by atoms with Gasteiger partial charge < -0.3 is 15.9 Å². The van der Waals surface area contributed by atoms with Crippen LogP contribution in [0.1, 0.15) is 18.1 Å². The zero-order valence-electron chi connectivity index (χ0n) is 7.90. The molecule has 1 rings (SSSR count). The number of nitrogens with zero attached hydrogens (tertiary/aromatic N) is 1. The summed E-state index contributed by atoms with van der Waals surface area (Å²) >= 11 is 8.92. The summed E-state index contributed by atoms with van der Waals surface area (Å²) in [7, 11) is 0. The van der Waals surface area contributed by atoms with Crippen molar-refractivity contribution in [1.29, 1.82) is 0 Å². The summed E-state index contributed by atoms with van der Waals surface area (Å²) in [4.78, 5) is 3.83. The lowest BCUT2D eigenvalue weighted by molar-refractivity contribution is 0.0145. The van der Waals surface area contributed by atoms with E-state index in [0.29, 0.717) is 23.0 Å². The molecule has 1 heterocycles. The van der Waals surface area contributed by atoms with E-state index in [1.165, 1.54) is 12.3 Å². The topological polar surface area (TPSA) is 79.4 Å². The van der Waals surface area contributed by atoms with Gasteiger partial charge in [0.05, 0.1) is 6.10 Å². The zero-order chi connectivity index (χ0) is 11.4. The second-order valence-electron chi connectivity index (χ2n) is 3.12. The normalized spacial score (nSPS) is 15.0. The lowest BCUT2D eigenvalue weighted by Crippen LogP contribution is -2.22. The monoisotopic (exact) mass is 294 g/mol. The van der Waals surface area contributed by atoms with E-state index in [9.17, 15) is 10.2 Å². The fraction of sp³-hybridized carbons (Fsp3) is 0.444. The van der Waals surface area contributed by atoms with Crippen LogP contribution in [0, 0.1) is 0 Å². The number of pyridine rings is 1. The standard InChI is InChI=1S/C9H12BrClN2O2/c10-6-4-13-8(11)3-5(6)9(15)7(14)1-2-12/h3-4,7,9,14-15H,1-2,12H2. The SMILES string of the molecule is NCCC(O)C(O)c1cc(Cl)ncc1Br. The number of halogens is 2. The summed E-state index contributed by atoms with van der Waals surface area (Å²) in [6.45, 7) is 0.314. The molecule has 1 aromatic heterocycles. The highest BCUT2D eigenvalue weighted by Gasteiger charge is 2.20. The van der Waals surface area contributed by atoms with Crippen LogP contribution in [0.25, 0.3) is 0 Å². The maximum Gasteiger partial charge on any atom is 0.129 e. The molecule has 0 radical (unpaired) electrons. The van der Waals surface area contributed by atoms with Crippen LogP contribution in [0.4, 0.5) is 0 Å². The third-order valence-electron chi connectivity index (χ3n) is 2.00. The molecule has 2 unspecified atom stereocenters. The Kier molecular flexibility index (Phi) is 4.95. The molecule has 2 atom stereocenters. The Labute approximate surface area is 101 Å². The van der Waals surface area contributed by atoms with Gasteiger partial charge in [-0.05, 0) is 35.0 Å². The zero-order valence-corrected chi connectivity index (χ0v) is 10.2.